The standard InChI is InChI=1S/C25H25ClN2O2/c26-21-10-6-7-19(17-21)18-28-15-13-22(14-16-28)30-25(29)27-24-12-5-4-11-23(24)20-8-2-1-3-9-20/h1-12,17,22H,13-16,18H2,(H,27,29). The van der Waals surface area contributed by atoms with Crippen LogP contribution in [0.3, 0.4) is 0 Å². The molecule has 4 rings (SSSR count). The fraction of sp³-hybridized carbons (Fsp3) is 0.240. The molecule has 0 spiro atoms. The highest BCUT2D eigenvalue weighted by atomic mass is 35.5. The van der Waals surface area contributed by atoms with Crippen molar-refractivity contribution in [3.05, 3.63) is 89.4 Å². The summed E-state index contributed by atoms with van der Waals surface area (Å²) in [6, 6.07) is 25.7. The van der Waals surface area contributed by atoms with Crippen molar-refractivity contribution in [3.63, 3.8) is 0 Å². The molecule has 154 valence electrons. The van der Waals surface area contributed by atoms with Crippen LogP contribution >= 0.6 is 11.6 Å². The number of likely N-dealkylation sites (tertiary alicyclic amines) is 1. The Balaban J connectivity index is 1.30. The number of hydrogen-bond donors (Lipinski definition) is 1. The molecule has 0 radical (unpaired) electrons. The third kappa shape index (κ3) is 5.41. The van der Waals surface area contributed by atoms with E-state index in [-0.39, 0.29) is 6.10 Å². The maximum Gasteiger partial charge on any atom is 0.411 e. The van der Waals surface area contributed by atoms with E-state index < -0.39 is 6.09 Å². The lowest BCUT2D eigenvalue weighted by Crippen LogP contribution is -2.38. The van der Waals surface area contributed by atoms with Gasteiger partial charge >= 0.3 is 6.09 Å². The molecule has 1 N–H and O–H groups in total. The molecule has 1 saturated heterocycles. The highest BCUT2D eigenvalue weighted by Crippen LogP contribution is 2.28. The van der Waals surface area contributed by atoms with E-state index in [1.807, 2.05) is 72.8 Å². The summed E-state index contributed by atoms with van der Waals surface area (Å²) in [6.45, 7) is 2.65. The van der Waals surface area contributed by atoms with Gasteiger partial charge in [0, 0.05) is 30.2 Å². The number of rotatable bonds is 5. The van der Waals surface area contributed by atoms with Gasteiger partial charge in [-0.15, -0.1) is 0 Å². The van der Waals surface area contributed by atoms with E-state index in [2.05, 4.69) is 16.3 Å². The van der Waals surface area contributed by atoms with Crippen LogP contribution in [0.25, 0.3) is 11.1 Å². The lowest BCUT2D eigenvalue weighted by Gasteiger charge is -2.31. The van der Waals surface area contributed by atoms with Crippen LogP contribution in [0.15, 0.2) is 78.9 Å². The van der Waals surface area contributed by atoms with Gasteiger partial charge in [-0.3, -0.25) is 10.2 Å². The molecule has 1 aliphatic heterocycles. The molecule has 0 unspecified atom stereocenters. The zero-order valence-corrected chi connectivity index (χ0v) is 17.5. The molecule has 4 nitrogen and oxygen atoms in total. The monoisotopic (exact) mass is 420 g/mol. The first-order valence-electron chi connectivity index (χ1n) is 10.3. The maximum atomic E-state index is 12.5. The predicted molar refractivity (Wildman–Crippen MR) is 122 cm³/mol. The number of anilines is 1. The van der Waals surface area contributed by atoms with Crippen LogP contribution in [-0.2, 0) is 11.3 Å². The Labute approximate surface area is 182 Å². The number of ether oxygens (including phenoxy) is 1. The summed E-state index contributed by atoms with van der Waals surface area (Å²) in [5.74, 6) is 0. The molecule has 0 bridgehead atoms. The van der Waals surface area contributed by atoms with Gasteiger partial charge in [0.15, 0.2) is 0 Å². The third-order valence-electron chi connectivity index (χ3n) is 5.35. The van der Waals surface area contributed by atoms with Gasteiger partial charge in [0.25, 0.3) is 0 Å². The van der Waals surface area contributed by atoms with Crippen LogP contribution in [0.1, 0.15) is 18.4 Å². The molecule has 30 heavy (non-hydrogen) atoms. The maximum absolute atomic E-state index is 12.5. The second kappa shape index (κ2) is 9.79. The van der Waals surface area contributed by atoms with E-state index in [1.165, 1.54) is 5.56 Å². The number of carbonyl (C=O) groups is 1. The summed E-state index contributed by atoms with van der Waals surface area (Å²) in [4.78, 5) is 14.9. The van der Waals surface area contributed by atoms with Crippen molar-refractivity contribution in [2.24, 2.45) is 0 Å². The van der Waals surface area contributed by atoms with E-state index in [4.69, 9.17) is 16.3 Å². The normalized spacial score (nSPS) is 15.0. The molecule has 0 atom stereocenters. The number of hydrogen-bond acceptors (Lipinski definition) is 3. The Kier molecular flexibility index (Phi) is 6.67. The average molecular weight is 421 g/mol. The van der Waals surface area contributed by atoms with Gasteiger partial charge in [-0.1, -0.05) is 72.3 Å². The molecule has 1 heterocycles. The quantitative estimate of drug-likeness (QED) is 0.532. The minimum absolute atomic E-state index is 0.0653. The van der Waals surface area contributed by atoms with E-state index >= 15 is 0 Å². The smallest absolute Gasteiger partial charge is 0.411 e. The van der Waals surface area contributed by atoms with Gasteiger partial charge in [0.1, 0.15) is 6.10 Å². The number of piperidine rings is 1. The van der Waals surface area contributed by atoms with Crippen LogP contribution in [0.2, 0.25) is 5.02 Å². The van der Waals surface area contributed by atoms with Crippen molar-refractivity contribution in [1.29, 1.82) is 0 Å². The van der Waals surface area contributed by atoms with Crippen molar-refractivity contribution >= 4 is 23.4 Å². The summed E-state index contributed by atoms with van der Waals surface area (Å²) < 4.78 is 5.71. The molecule has 1 fully saturated rings. The molecule has 1 amide bonds. The lowest BCUT2D eigenvalue weighted by molar-refractivity contribution is 0.0567. The highest BCUT2D eigenvalue weighted by Gasteiger charge is 2.23. The van der Waals surface area contributed by atoms with Gasteiger partial charge in [-0.2, -0.15) is 0 Å². The number of nitrogens with one attached hydrogen (secondary N) is 1. The minimum Gasteiger partial charge on any atom is -0.446 e. The van der Waals surface area contributed by atoms with Crippen LogP contribution in [0, 0.1) is 0 Å². The average Bonchev–Trinajstić information content (AvgIpc) is 2.76. The van der Waals surface area contributed by atoms with Crippen molar-refractivity contribution < 1.29 is 9.53 Å². The zero-order valence-electron chi connectivity index (χ0n) is 16.8. The Morgan fingerprint density at radius 3 is 2.47 bits per heavy atom. The van der Waals surface area contributed by atoms with Gasteiger partial charge in [0.05, 0.1) is 5.69 Å². The topological polar surface area (TPSA) is 41.6 Å². The summed E-state index contributed by atoms with van der Waals surface area (Å²) >= 11 is 6.08. The van der Waals surface area contributed by atoms with Crippen molar-refractivity contribution in [1.82, 2.24) is 4.90 Å². The third-order valence-corrected chi connectivity index (χ3v) is 5.59. The molecule has 1 aliphatic rings. The second-order valence-electron chi connectivity index (χ2n) is 7.55. The molecule has 0 saturated carbocycles. The van der Waals surface area contributed by atoms with Crippen LogP contribution in [0.4, 0.5) is 10.5 Å². The van der Waals surface area contributed by atoms with Crippen LogP contribution in [-0.4, -0.2) is 30.2 Å². The molecule has 0 aromatic heterocycles. The van der Waals surface area contributed by atoms with Crippen molar-refractivity contribution in [2.45, 2.75) is 25.5 Å². The zero-order chi connectivity index (χ0) is 20.8. The molecule has 0 aliphatic carbocycles. The lowest BCUT2D eigenvalue weighted by atomic mass is 10.0. The first-order valence-corrected chi connectivity index (χ1v) is 10.6. The fourth-order valence-corrected chi connectivity index (χ4v) is 4.04. The Hall–Kier alpha value is -2.82. The number of para-hydroxylation sites is 1. The number of benzene rings is 3. The fourth-order valence-electron chi connectivity index (χ4n) is 3.83. The first kappa shape index (κ1) is 20.5. The number of carbonyl (C=O) groups excluding carboxylic acids is 1. The Morgan fingerprint density at radius 2 is 1.70 bits per heavy atom. The van der Waals surface area contributed by atoms with E-state index in [9.17, 15) is 4.79 Å². The first-order chi connectivity index (χ1) is 14.7. The summed E-state index contributed by atoms with van der Waals surface area (Å²) in [5, 5.41) is 3.69. The van der Waals surface area contributed by atoms with Crippen molar-refractivity contribution in [3.8, 4) is 11.1 Å². The van der Waals surface area contributed by atoms with Gasteiger partial charge in [-0.05, 0) is 42.2 Å². The van der Waals surface area contributed by atoms with Gasteiger partial charge in [0.2, 0.25) is 0 Å². The minimum atomic E-state index is -0.397. The Morgan fingerprint density at radius 1 is 0.967 bits per heavy atom. The van der Waals surface area contributed by atoms with Gasteiger partial charge < -0.3 is 4.74 Å². The largest absolute Gasteiger partial charge is 0.446 e. The molecular formula is C25H25ClN2O2. The predicted octanol–water partition coefficient (Wildman–Crippen LogP) is 6.22. The Bertz CT molecular complexity index is 985. The summed E-state index contributed by atoms with van der Waals surface area (Å²) in [6.07, 6.45) is 1.19. The molecule has 3 aromatic rings. The highest BCUT2D eigenvalue weighted by molar-refractivity contribution is 6.30. The van der Waals surface area contributed by atoms with Crippen molar-refractivity contribution in [2.75, 3.05) is 18.4 Å². The SMILES string of the molecule is O=C(Nc1ccccc1-c1ccccc1)OC1CCN(Cc2cccc(Cl)c2)CC1. The number of halogens is 1. The van der Waals surface area contributed by atoms with Crippen LogP contribution < -0.4 is 5.32 Å². The van der Waals surface area contributed by atoms with Crippen LogP contribution in [0.5, 0.6) is 0 Å². The molecular weight excluding hydrogens is 396 g/mol. The number of nitrogens with zero attached hydrogens (tertiary/aromatic N) is 1. The molecule has 5 heteroatoms. The van der Waals surface area contributed by atoms with E-state index in [0.717, 1.165) is 54.3 Å². The second-order valence-corrected chi connectivity index (χ2v) is 7.98. The van der Waals surface area contributed by atoms with E-state index in [0.29, 0.717) is 0 Å². The molecule has 3 aromatic carbocycles. The summed E-state index contributed by atoms with van der Waals surface area (Å²) in [7, 11) is 0. The van der Waals surface area contributed by atoms with Gasteiger partial charge in [-0.25, -0.2) is 4.79 Å². The van der Waals surface area contributed by atoms with E-state index in [1.54, 1.807) is 0 Å². The number of amides is 1. The summed E-state index contributed by atoms with van der Waals surface area (Å²) in [5.41, 5.74) is 4.00.